The highest BCUT2D eigenvalue weighted by Gasteiger charge is 2.34. The van der Waals surface area contributed by atoms with Gasteiger partial charge in [0.05, 0.1) is 50.8 Å². The van der Waals surface area contributed by atoms with Crippen molar-refractivity contribution < 1.29 is 24.1 Å². The van der Waals surface area contributed by atoms with Crippen LogP contribution in [0.1, 0.15) is 36.1 Å². The lowest BCUT2D eigenvalue weighted by Gasteiger charge is -2.19. The molecule has 0 aliphatic carbocycles. The summed E-state index contributed by atoms with van der Waals surface area (Å²) in [4.78, 5) is 0. The summed E-state index contributed by atoms with van der Waals surface area (Å²) in [7, 11) is 0. The minimum atomic E-state index is 0.266. The molecule has 138 valence electrons. The summed E-state index contributed by atoms with van der Waals surface area (Å²) in [6.45, 7) is 7.31. The maximum absolute atomic E-state index is 10.6. The fourth-order valence-corrected chi connectivity index (χ4v) is 3.45. The number of epoxide rings is 4. The predicted octanol–water partition coefficient (Wildman–Crippen LogP) is 2.18. The fraction of sp³-hybridized carbons (Fsp3) is 0.700. The first kappa shape index (κ1) is 17.3. The number of benzene rings is 1. The highest BCUT2D eigenvalue weighted by molar-refractivity contribution is 5.51. The van der Waals surface area contributed by atoms with E-state index in [0.29, 0.717) is 24.1 Å². The van der Waals surface area contributed by atoms with Crippen LogP contribution in [0.5, 0.6) is 5.75 Å². The summed E-state index contributed by atoms with van der Waals surface area (Å²) in [6, 6.07) is 1.95. The van der Waals surface area contributed by atoms with Crippen molar-refractivity contribution in [2.75, 3.05) is 26.4 Å². The van der Waals surface area contributed by atoms with E-state index in [0.717, 1.165) is 57.7 Å². The van der Waals surface area contributed by atoms with Crippen LogP contribution in [0.2, 0.25) is 0 Å². The standard InChI is InChI=1S/C18H22O5.C2H6/c19-18-2-10(1-11-6-20-11)15(3-12-7-21-12)16(4-13-8-22-13)17(18)5-14-9-23-14;1-2/h2,11-14,19H,1,3-9H2;1-2H3. The molecule has 5 nitrogen and oxygen atoms in total. The zero-order valence-electron chi connectivity index (χ0n) is 15.1. The molecule has 4 unspecified atom stereocenters. The van der Waals surface area contributed by atoms with Gasteiger partial charge in [-0.15, -0.1) is 0 Å². The van der Waals surface area contributed by atoms with Gasteiger partial charge in [-0.25, -0.2) is 0 Å². The molecule has 1 aromatic carbocycles. The van der Waals surface area contributed by atoms with E-state index in [1.165, 1.54) is 16.7 Å². The topological polar surface area (TPSA) is 70.3 Å². The van der Waals surface area contributed by atoms with Crippen molar-refractivity contribution in [3.05, 3.63) is 28.3 Å². The Morgan fingerprint density at radius 3 is 1.60 bits per heavy atom. The number of ether oxygens (including phenoxy) is 4. The molecule has 0 spiro atoms. The molecule has 1 aromatic rings. The van der Waals surface area contributed by atoms with E-state index < -0.39 is 0 Å². The van der Waals surface area contributed by atoms with E-state index in [2.05, 4.69) is 0 Å². The van der Waals surface area contributed by atoms with Gasteiger partial charge in [-0.1, -0.05) is 13.8 Å². The predicted molar refractivity (Wildman–Crippen MR) is 93.2 cm³/mol. The van der Waals surface area contributed by atoms with E-state index in [4.69, 9.17) is 18.9 Å². The van der Waals surface area contributed by atoms with Crippen molar-refractivity contribution >= 4 is 0 Å². The second-order valence-electron chi connectivity index (χ2n) is 7.13. The molecule has 0 saturated carbocycles. The van der Waals surface area contributed by atoms with Crippen molar-refractivity contribution in [3.8, 4) is 5.75 Å². The number of phenols is 1. The molecular weight excluding hydrogens is 320 g/mol. The minimum Gasteiger partial charge on any atom is -0.508 e. The number of hydrogen-bond donors (Lipinski definition) is 1. The van der Waals surface area contributed by atoms with E-state index in [1.807, 2.05) is 19.9 Å². The highest BCUT2D eigenvalue weighted by Crippen LogP contribution is 2.37. The molecule has 4 saturated heterocycles. The summed E-state index contributed by atoms with van der Waals surface area (Å²) in [5.74, 6) is 0.410. The Balaban J connectivity index is 0.000000758. The first-order chi connectivity index (χ1) is 12.3. The molecule has 0 aromatic heterocycles. The van der Waals surface area contributed by atoms with Gasteiger partial charge in [-0.2, -0.15) is 0 Å². The van der Waals surface area contributed by atoms with Crippen LogP contribution in [0.3, 0.4) is 0 Å². The Labute approximate surface area is 149 Å². The van der Waals surface area contributed by atoms with Gasteiger partial charge in [0.25, 0.3) is 0 Å². The minimum absolute atomic E-state index is 0.266. The Morgan fingerprint density at radius 2 is 1.12 bits per heavy atom. The van der Waals surface area contributed by atoms with Crippen molar-refractivity contribution in [2.45, 2.75) is 63.9 Å². The highest BCUT2D eigenvalue weighted by atomic mass is 16.6. The molecule has 4 aliphatic rings. The van der Waals surface area contributed by atoms with Crippen molar-refractivity contribution in [1.82, 2.24) is 0 Å². The molecule has 4 atom stereocenters. The van der Waals surface area contributed by atoms with E-state index in [1.54, 1.807) is 0 Å². The van der Waals surface area contributed by atoms with E-state index in [-0.39, 0.29) is 6.10 Å². The SMILES string of the molecule is CC.Oc1cc(CC2CO2)c(CC2CO2)c(CC2CO2)c1CC1CO1. The summed E-state index contributed by atoms with van der Waals surface area (Å²) in [6.07, 6.45) is 4.72. The Hall–Kier alpha value is -1.14. The largest absolute Gasteiger partial charge is 0.508 e. The van der Waals surface area contributed by atoms with Gasteiger partial charge in [0.1, 0.15) is 5.75 Å². The van der Waals surface area contributed by atoms with Gasteiger partial charge in [0.15, 0.2) is 0 Å². The van der Waals surface area contributed by atoms with Gasteiger partial charge in [0.2, 0.25) is 0 Å². The summed E-state index contributed by atoms with van der Waals surface area (Å²) < 4.78 is 21.7. The maximum Gasteiger partial charge on any atom is 0.119 e. The molecule has 0 bridgehead atoms. The molecular formula is C20H28O5. The van der Waals surface area contributed by atoms with E-state index >= 15 is 0 Å². The number of hydrogen-bond acceptors (Lipinski definition) is 5. The number of aromatic hydroxyl groups is 1. The lowest BCUT2D eigenvalue weighted by Crippen LogP contribution is -2.13. The molecule has 5 rings (SSSR count). The second kappa shape index (κ2) is 7.23. The third kappa shape index (κ3) is 4.53. The molecule has 4 aliphatic heterocycles. The van der Waals surface area contributed by atoms with Crippen LogP contribution in [0.15, 0.2) is 6.07 Å². The zero-order chi connectivity index (χ0) is 17.4. The van der Waals surface area contributed by atoms with Gasteiger partial charge >= 0.3 is 0 Å². The summed E-state index contributed by atoms with van der Waals surface area (Å²) >= 11 is 0. The summed E-state index contributed by atoms with van der Waals surface area (Å²) in [5.41, 5.74) is 4.90. The molecule has 4 heterocycles. The summed E-state index contributed by atoms with van der Waals surface area (Å²) in [5, 5.41) is 10.6. The third-order valence-corrected chi connectivity index (χ3v) is 5.09. The van der Waals surface area contributed by atoms with Crippen LogP contribution in [0.25, 0.3) is 0 Å². The number of rotatable bonds is 8. The van der Waals surface area contributed by atoms with E-state index in [9.17, 15) is 5.11 Å². The van der Waals surface area contributed by atoms with Crippen LogP contribution >= 0.6 is 0 Å². The van der Waals surface area contributed by atoms with Crippen LogP contribution in [0.4, 0.5) is 0 Å². The van der Waals surface area contributed by atoms with Gasteiger partial charge < -0.3 is 24.1 Å². The average molecular weight is 348 g/mol. The van der Waals surface area contributed by atoms with Crippen LogP contribution in [-0.4, -0.2) is 55.9 Å². The van der Waals surface area contributed by atoms with Crippen molar-refractivity contribution in [2.24, 2.45) is 0 Å². The quantitative estimate of drug-likeness (QED) is 0.729. The van der Waals surface area contributed by atoms with Crippen LogP contribution < -0.4 is 0 Å². The first-order valence-corrected chi connectivity index (χ1v) is 9.58. The Kier molecular flexibility index (Phi) is 5.00. The molecule has 5 heteroatoms. The lowest BCUT2D eigenvalue weighted by atomic mass is 9.86. The van der Waals surface area contributed by atoms with Gasteiger partial charge in [-0.3, -0.25) is 0 Å². The monoisotopic (exact) mass is 348 g/mol. The maximum atomic E-state index is 10.6. The molecule has 25 heavy (non-hydrogen) atoms. The van der Waals surface area contributed by atoms with Crippen LogP contribution in [0, 0.1) is 0 Å². The number of phenolic OH excluding ortho intramolecular Hbond substituents is 1. The van der Waals surface area contributed by atoms with Crippen molar-refractivity contribution in [1.29, 1.82) is 0 Å². The third-order valence-electron chi connectivity index (χ3n) is 5.09. The first-order valence-electron chi connectivity index (χ1n) is 9.58. The Morgan fingerprint density at radius 1 is 0.720 bits per heavy atom. The normalized spacial score (nSPS) is 31.1. The smallest absolute Gasteiger partial charge is 0.119 e. The fourth-order valence-electron chi connectivity index (χ4n) is 3.45. The van der Waals surface area contributed by atoms with Crippen molar-refractivity contribution in [3.63, 3.8) is 0 Å². The Bertz CT molecular complexity index is 613. The second-order valence-corrected chi connectivity index (χ2v) is 7.13. The lowest BCUT2D eigenvalue weighted by molar-refractivity contribution is 0.390. The molecule has 1 N–H and O–H groups in total. The zero-order valence-corrected chi connectivity index (χ0v) is 15.1. The molecule has 4 fully saturated rings. The van der Waals surface area contributed by atoms with Gasteiger partial charge in [-0.05, 0) is 22.8 Å². The van der Waals surface area contributed by atoms with Crippen LogP contribution in [-0.2, 0) is 44.6 Å². The van der Waals surface area contributed by atoms with Gasteiger partial charge in [0, 0.05) is 31.2 Å². The average Bonchev–Trinajstić information content (AvgIpc) is 3.47. The molecule has 0 amide bonds. The molecule has 0 radical (unpaired) electrons.